The van der Waals surface area contributed by atoms with Crippen molar-refractivity contribution >= 4 is 11.9 Å². The molecule has 0 bridgehead atoms. The standard InChI is InChI=1S/C11H20O5/c1-4-16-10(13)6-9(12)8(11(14)15)5-7(2)3/h7-9,12H,4-6H2,1-3H3,(H,14,15)/t8-,9-/m1/s1. The van der Waals surface area contributed by atoms with Gasteiger partial charge in [-0.25, -0.2) is 0 Å². The van der Waals surface area contributed by atoms with Gasteiger partial charge < -0.3 is 14.9 Å². The predicted molar refractivity (Wildman–Crippen MR) is 57.8 cm³/mol. The molecule has 5 heteroatoms. The number of rotatable bonds is 7. The third kappa shape index (κ3) is 5.70. The van der Waals surface area contributed by atoms with Crippen LogP contribution in [-0.2, 0) is 14.3 Å². The van der Waals surface area contributed by atoms with E-state index in [2.05, 4.69) is 4.74 Å². The summed E-state index contributed by atoms with van der Waals surface area (Å²) in [4.78, 5) is 22.0. The maximum absolute atomic E-state index is 11.1. The Bertz CT molecular complexity index is 237. The second kappa shape index (κ2) is 7.22. The minimum Gasteiger partial charge on any atom is -0.481 e. The van der Waals surface area contributed by atoms with E-state index in [1.54, 1.807) is 6.92 Å². The Morgan fingerprint density at radius 3 is 2.25 bits per heavy atom. The highest BCUT2D eigenvalue weighted by Gasteiger charge is 2.29. The normalized spacial score (nSPS) is 14.6. The summed E-state index contributed by atoms with van der Waals surface area (Å²) < 4.78 is 4.66. The average Bonchev–Trinajstić information content (AvgIpc) is 2.13. The van der Waals surface area contributed by atoms with Gasteiger partial charge in [-0.1, -0.05) is 13.8 Å². The molecule has 0 aromatic carbocycles. The van der Waals surface area contributed by atoms with Crippen LogP contribution < -0.4 is 0 Å². The quantitative estimate of drug-likeness (QED) is 0.641. The zero-order valence-electron chi connectivity index (χ0n) is 9.97. The number of hydrogen-bond acceptors (Lipinski definition) is 4. The molecule has 0 unspecified atom stereocenters. The monoisotopic (exact) mass is 232 g/mol. The lowest BCUT2D eigenvalue weighted by Crippen LogP contribution is -2.31. The van der Waals surface area contributed by atoms with Gasteiger partial charge in [0.15, 0.2) is 0 Å². The molecule has 0 aliphatic carbocycles. The molecular formula is C11H20O5. The van der Waals surface area contributed by atoms with E-state index in [4.69, 9.17) is 5.11 Å². The van der Waals surface area contributed by atoms with Gasteiger partial charge in [-0.15, -0.1) is 0 Å². The molecule has 0 aromatic rings. The molecule has 0 fully saturated rings. The van der Waals surface area contributed by atoms with Crippen LogP contribution >= 0.6 is 0 Å². The van der Waals surface area contributed by atoms with Gasteiger partial charge in [0.2, 0.25) is 0 Å². The van der Waals surface area contributed by atoms with E-state index in [1.165, 1.54) is 0 Å². The summed E-state index contributed by atoms with van der Waals surface area (Å²) in [7, 11) is 0. The summed E-state index contributed by atoms with van der Waals surface area (Å²) in [6.45, 7) is 5.63. The smallest absolute Gasteiger partial charge is 0.309 e. The van der Waals surface area contributed by atoms with Crippen molar-refractivity contribution in [1.29, 1.82) is 0 Å². The highest BCUT2D eigenvalue weighted by atomic mass is 16.5. The molecule has 94 valence electrons. The minimum absolute atomic E-state index is 0.151. The van der Waals surface area contributed by atoms with Crippen LogP contribution in [0.25, 0.3) is 0 Å². The molecule has 0 spiro atoms. The number of carboxylic acid groups (broad SMARTS) is 1. The molecule has 0 amide bonds. The second-order valence-electron chi connectivity index (χ2n) is 4.15. The highest BCUT2D eigenvalue weighted by molar-refractivity contribution is 5.74. The fraction of sp³-hybridized carbons (Fsp3) is 0.818. The van der Waals surface area contributed by atoms with Crippen LogP contribution in [0.2, 0.25) is 0 Å². The number of hydrogen-bond donors (Lipinski definition) is 2. The third-order valence-corrected chi connectivity index (χ3v) is 2.19. The van der Waals surface area contributed by atoms with Crippen LogP contribution in [0.5, 0.6) is 0 Å². The van der Waals surface area contributed by atoms with Crippen molar-refractivity contribution < 1.29 is 24.5 Å². The molecule has 5 nitrogen and oxygen atoms in total. The molecule has 0 saturated carbocycles. The van der Waals surface area contributed by atoms with Crippen LogP contribution in [0.3, 0.4) is 0 Å². The third-order valence-electron chi connectivity index (χ3n) is 2.19. The van der Waals surface area contributed by atoms with Gasteiger partial charge in [-0.2, -0.15) is 0 Å². The summed E-state index contributed by atoms with van der Waals surface area (Å²) in [5, 5.41) is 18.6. The van der Waals surface area contributed by atoms with Gasteiger partial charge in [0, 0.05) is 0 Å². The van der Waals surface area contributed by atoms with Gasteiger partial charge in [0.1, 0.15) is 0 Å². The number of aliphatic carboxylic acids is 1. The van der Waals surface area contributed by atoms with Crippen LogP contribution in [-0.4, -0.2) is 34.9 Å². The Balaban J connectivity index is 4.32. The molecule has 0 heterocycles. The Morgan fingerprint density at radius 1 is 1.31 bits per heavy atom. The molecule has 2 N–H and O–H groups in total. The fourth-order valence-corrected chi connectivity index (χ4v) is 1.46. The van der Waals surface area contributed by atoms with Crippen LogP contribution in [0.4, 0.5) is 0 Å². The Morgan fingerprint density at radius 2 is 1.88 bits per heavy atom. The number of aliphatic hydroxyl groups is 1. The summed E-state index contributed by atoms with van der Waals surface area (Å²) >= 11 is 0. The van der Waals surface area contributed by atoms with Gasteiger partial charge >= 0.3 is 11.9 Å². The van der Waals surface area contributed by atoms with Crippen molar-refractivity contribution in [2.45, 2.75) is 39.7 Å². The number of ether oxygens (including phenoxy) is 1. The van der Waals surface area contributed by atoms with Crippen molar-refractivity contribution in [1.82, 2.24) is 0 Å². The molecule has 16 heavy (non-hydrogen) atoms. The zero-order valence-corrected chi connectivity index (χ0v) is 9.97. The largest absolute Gasteiger partial charge is 0.481 e. The highest BCUT2D eigenvalue weighted by Crippen LogP contribution is 2.18. The van der Waals surface area contributed by atoms with Gasteiger partial charge in [-0.05, 0) is 19.3 Å². The van der Waals surface area contributed by atoms with Crippen LogP contribution in [0.1, 0.15) is 33.6 Å². The molecule has 0 rings (SSSR count). The maximum atomic E-state index is 11.1. The van der Waals surface area contributed by atoms with Crippen LogP contribution in [0.15, 0.2) is 0 Å². The fourth-order valence-electron chi connectivity index (χ4n) is 1.46. The summed E-state index contributed by atoms with van der Waals surface area (Å²) in [5.41, 5.74) is 0. The predicted octanol–water partition coefficient (Wildman–Crippen LogP) is 1.05. The number of carboxylic acids is 1. The molecule has 0 aliphatic rings. The van der Waals surface area contributed by atoms with E-state index in [0.717, 1.165) is 0 Å². The first-order valence-electron chi connectivity index (χ1n) is 5.44. The summed E-state index contributed by atoms with van der Waals surface area (Å²) in [6.07, 6.45) is -1.10. The number of esters is 1. The van der Waals surface area contributed by atoms with Gasteiger partial charge in [-0.3, -0.25) is 9.59 Å². The summed E-state index contributed by atoms with van der Waals surface area (Å²) in [5.74, 6) is -2.40. The maximum Gasteiger partial charge on any atom is 0.309 e. The lowest BCUT2D eigenvalue weighted by atomic mass is 9.90. The van der Waals surface area contributed by atoms with E-state index in [1.807, 2.05) is 13.8 Å². The Hall–Kier alpha value is -1.10. The topological polar surface area (TPSA) is 83.8 Å². The van der Waals surface area contributed by atoms with E-state index >= 15 is 0 Å². The first-order chi connectivity index (χ1) is 7.38. The van der Waals surface area contributed by atoms with Crippen LogP contribution in [0, 0.1) is 11.8 Å². The molecule has 0 saturated heterocycles. The van der Waals surface area contributed by atoms with E-state index < -0.39 is 24.0 Å². The van der Waals surface area contributed by atoms with E-state index in [9.17, 15) is 14.7 Å². The van der Waals surface area contributed by atoms with Gasteiger partial charge in [0.25, 0.3) is 0 Å². The minimum atomic E-state index is -1.18. The lowest BCUT2D eigenvalue weighted by Gasteiger charge is -2.19. The summed E-state index contributed by atoms with van der Waals surface area (Å²) in [6, 6.07) is 0. The van der Waals surface area contributed by atoms with Crippen molar-refractivity contribution in [2.75, 3.05) is 6.61 Å². The van der Waals surface area contributed by atoms with Crippen molar-refractivity contribution in [3.05, 3.63) is 0 Å². The molecule has 0 radical (unpaired) electrons. The van der Waals surface area contributed by atoms with Crippen molar-refractivity contribution in [3.63, 3.8) is 0 Å². The first kappa shape index (κ1) is 14.9. The SMILES string of the molecule is CCOC(=O)C[C@@H](O)[C@@H](CC(C)C)C(=O)O. The van der Waals surface area contributed by atoms with E-state index in [-0.39, 0.29) is 18.9 Å². The Kier molecular flexibility index (Phi) is 6.72. The Labute approximate surface area is 95.4 Å². The molecule has 0 aromatic heterocycles. The number of carbonyl (C=O) groups is 2. The zero-order chi connectivity index (χ0) is 12.7. The van der Waals surface area contributed by atoms with E-state index in [0.29, 0.717) is 6.42 Å². The second-order valence-corrected chi connectivity index (χ2v) is 4.15. The molecular weight excluding hydrogens is 212 g/mol. The average molecular weight is 232 g/mol. The van der Waals surface area contributed by atoms with Crippen molar-refractivity contribution in [2.24, 2.45) is 11.8 Å². The molecule has 0 aliphatic heterocycles. The van der Waals surface area contributed by atoms with Gasteiger partial charge in [0.05, 0.1) is 25.0 Å². The lowest BCUT2D eigenvalue weighted by molar-refractivity contribution is -0.151. The number of aliphatic hydroxyl groups excluding tert-OH is 1. The molecule has 2 atom stereocenters. The van der Waals surface area contributed by atoms with Crippen molar-refractivity contribution in [3.8, 4) is 0 Å². The first-order valence-corrected chi connectivity index (χ1v) is 5.44. The number of carbonyl (C=O) groups excluding carboxylic acids is 1.